The minimum Gasteiger partial charge on any atom is -0.426 e. The summed E-state index contributed by atoms with van der Waals surface area (Å²) in [6, 6.07) is 4.41. The lowest BCUT2D eigenvalue weighted by Crippen LogP contribution is -2.14. The highest BCUT2D eigenvalue weighted by Gasteiger charge is 2.35. The van der Waals surface area contributed by atoms with Crippen LogP contribution < -0.4 is 10.1 Å². The zero-order valence-corrected chi connectivity index (χ0v) is 13.4. The molecule has 1 amide bonds. The van der Waals surface area contributed by atoms with Gasteiger partial charge >= 0.3 is 12.1 Å². The van der Waals surface area contributed by atoms with Gasteiger partial charge in [0.25, 0.3) is 5.91 Å². The maximum absolute atomic E-state index is 12.5. The van der Waals surface area contributed by atoms with Gasteiger partial charge in [-0.15, -0.1) is 0 Å². The van der Waals surface area contributed by atoms with E-state index in [0.717, 1.165) is 0 Å². The summed E-state index contributed by atoms with van der Waals surface area (Å²) in [5.74, 6) is -1.47. The Morgan fingerprint density at radius 3 is 2.58 bits per heavy atom. The molecule has 24 heavy (non-hydrogen) atoms. The van der Waals surface area contributed by atoms with E-state index >= 15 is 0 Å². The zero-order chi connectivity index (χ0) is 17.9. The molecule has 0 saturated carbocycles. The lowest BCUT2D eigenvalue weighted by Gasteiger charge is -2.09. The Labute approximate surface area is 138 Å². The molecule has 1 aromatic carbocycles. The van der Waals surface area contributed by atoms with Gasteiger partial charge < -0.3 is 4.74 Å². The molecule has 0 spiro atoms. The number of aryl methyl sites for hydroxylation is 1. The van der Waals surface area contributed by atoms with Gasteiger partial charge in [-0.3, -0.25) is 14.9 Å². The summed E-state index contributed by atoms with van der Waals surface area (Å²) in [4.78, 5) is 26.4. The number of halogens is 3. The molecule has 0 unspecified atom stereocenters. The van der Waals surface area contributed by atoms with Crippen molar-refractivity contribution in [1.29, 1.82) is 0 Å². The van der Waals surface area contributed by atoms with Gasteiger partial charge in [0.2, 0.25) is 11.0 Å². The number of anilines is 1. The molecule has 2 aromatic rings. The Kier molecular flexibility index (Phi) is 5.17. The Bertz CT molecular complexity index is 774. The van der Waals surface area contributed by atoms with Crippen LogP contribution in [0.25, 0.3) is 0 Å². The van der Waals surface area contributed by atoms with Gasteiger partial charge in [0.15, 0.2) is 0 Å². The van der Waals surface area contributed by atoms with Crippen molar-refractivity contribution >= 4 is 29.4 Å². The SMILES string of the molecule is CCc1ccc(C(=O)Nc2nsc(C(F)(F)F)n2)cc1OC(C)=O. The number of ether oxygens (including phenoxy) is 1. The number of rotatable bonds is 4. The largest absolute Gasteiger partial charge is 0.444 e. The molecule has 0 fully saturated rings. The molecule has 0 aliphatic rings. The van der Waals surface area contributed by atoms with E-state index < -0.39 is 29.0 Å². The molecule has 1 aromatic heterocycles. The van der Waals surface area contributed by atoms with Crippen LogP contribution in [0.2, 0.25) is 0 Å². The number of alkyl halides is 3. The molecule has 0 radical (unpaired) electrons. The molecule has 0 atom stereocenters. The molecule has 6 nitrogen and oxygen atoms in total. The highest BCUT2D eigenvalue weighted by molar-refractivity contribution is 7.05. The second-order valence-corrected chi connectivity index (χ2v) is 5.40. The molecule has 0 aliphatic heterocycles. The Morgan fingerprint density at radius 2 is 2.04 bits per heavy atom. The summed E-state index contributed by atoms with van der Waals surface area (Å²) in [6.45, 7) is 3.07. The van der Waals surface area contributed by atoms with Crippen LogP contribution in [0, 0.1) is 0 Å². The van der Waals surface area contributed by atoms with Crippen LogP contribution in [0.5, 0.6) is 5.75 Å². The highest BCUT2D eigenvalue weighted by Crippen LogP contribution is 2.31. The maximum atomic E-state index is 12.5. The van der Waals surface area contributed by atoms with Crippen LogP contribution in [-0.2, 0) is 17.4 Å². The molecule has 1 N–H and O–H groups in total. The van der Waals surface area contributed by atoms with Gasteiger partial charge in [-0.2, -0.15) is 22.5 Å². The topological polar surface area (TPSA) is 81.2 Å². The van der Waals surface area contributed by atoms with Crippen LogP contribution in [0.4, 0.5) is 19.1 Å². The third-order valence-corrected chi connectivity index (χ3v) is 3.62. The first-order chi connectivity index (χ1) is 11.2. The average molecular weight is 359 g/mol. The molecular formula is C14H12F3N3O3S. The number of hydrogen-bond acceptors (Lipinski definition) is 6. The van der Waals surface area contributed by atoms with Crippen LogP contribution in [0.15, 0.2) is 18.2 Å². The number of nitrogens with one attached hydrogen (secondary N) is 1. The molecule has 10 heteroatoms. The number of esters is 1. The minimum atomic E-state index is -4.62. The normalized spacial score (nSPS) is 11.2. The Morgan fingerprint density at radius 1 is 1.33 bits per heavy atom. The number of nitrogens with zero attached hydrogens (tertiary/aromatic N) is 2. The number of benzene rings is 1. The summed E-state index contributed by atoms with van der Waals surface area (Å²) < 4.78 is 45.9. The van der Waals surface area contributed by atoms with Gasteiger partial charge in [0.05, 0.1) is 0 Å². The van der Waals surface area contributed by atoms with Gasteiger partial charge in [-0.05, 0) is 35.6 Å². The van der Waals surface area contributed by atoms with Crippen molar-refractivity contribution < 1.29 is 27.5 Å². The molecule has 0 bridgehead atoms. The minimum absolute atomic E-state index is 0.104. The Hall–Kier alpha value is -2.49. The number of amides is 1. The van der Waals surface area contributed by atoms with Crippen LogP contribution in [-0.4, -0.2) is 21.2 Å². The summed E-state index contributed by atoms with van der Waals surface area (Å²) in [7, 11) is 0. The first kappa shape index (κ1) is 17.9. The van der Waals surface area contributed by atoms with Crippen molar-refractivity contribution in [2.75, 3.05) is 5.32 Å². The highest BCUT2D eigenvalue weighted by atomic mass is 32.1. The predicted molar refractivity (Wildman–Crippen MR) is 80.0 cm³/mol. The van der Waals surface area contributed by atoms with Crippen LogP contribution in [0.3, 0.4) is 0 Å². The number of carbonyl (C=O) groups is 2. The molecule has 1 heterocycles. The summed E-state index contributed by atoms with van der Waals surface area (Å²) >= 11 is 0.141. The predicted octanol–water partition coefficient (Wildman–Crippen LogP) is 3.30. The molecular weight excluding hydrogens is 347 g/mol. The van der Waals surface area contributed by atoms with Gasteiger partial charge in [-0.25, -0.2) is 0 Å². The third-order valence-electron chi connectivity index (χ3n) is 2.86. The van der Waals surface area contributed by atoms with E-state index in [-0.39, 0.29) is 22.8 Å². The second kappa shape index (κ2) is 6.95. The summed E-state index contributed by atoms with van der Waals surface area (Å²) in [5, 5.41) is 1.02. The monoisotopic (exact) mass is 359 g/mol. The number of carbonyl (C=O) groups excluding carboxylic acids is 2. The molecule has 128 valence electrons. The lowest BCUT2D eigenvalue weighted by atomic mass is 10.1. The van der Waals surface area contributed by atoms with Crippen molar-refractivity contribution in [3.05, 3.63) is 34.3 Å². The fourth-order valence-corrected chi connectivity index (χ4v) is 2.29. The Balaban J connectivity index is 2.20. The molecule has 0 aliphatic carbocycles. The zero-order valence-electron chi connectivity index (χ0n) is 12.6. The van der Waals surface area contributed by atoms with E-state index in [1.165, 1.54) is 19.1 Å². The summed E-state index contributed by atoms with van der Waals surface area (Å²) in [5.41, 5.74) is 0.819. The van der Waals surface area contributed by atoms with E-state index in [1.807, 2.05) is 6.92 Å². The van der Waals surface area contributed by atoms with E-state index in [1.54, 1.807) is 6.07 Å². The first-order valence-electron chi connectivity index (χ1n) is 6.74. The standard InChI is InChI=1S/C14H12F3N3O3S/c1-3-8-4-5-9(6-10(8)23-7(2)21)11(22)18-13-19-12(24-20-13)14(15,16)17/h4-6H,3H2,1-2H3,(H,18,20,22). The van der Waals surface area contributed by atoms with E-state index in [4.69, 9.17) is 4.74 Å². The average Bonchev–Trinajstić information content (AvgIpc) is 2.95. The van der Waals surface area contributed by atoms with Crippen molar-refractivity contribution in [3.8, 4) is 5.75 Å². The number of aromatic nitrogens is 2. The third kappa shape index (κ3) is 4.28. The van der Waals surface area contributed by atoms with Crippen molar-refractivity contribution in [2.24, 2.45) is 0 Å². The lowest BCUT2D eigenvalue weighted by molar-refractivity contribution is -0.137. The second-order valence-electron chi connectivity index (χ2n) is 4.64. The van der Waals surface area contributed by atoms with Crippen LogP contribution >= 0.6 is 11.5 Å². The smallest absolute Gasteiger partial charge is 0.426 e. The summed E-state index contributed by atoms with van der Waals surface area (Å²) in [6.07, 6.45) is -4.04. The first-order valence-corrected chi connectivity index (χ1v) is 7.51. The van der Waals surface area contributed by atoms with Crippen LogP contribution in [0.1, 0.15) is 34.8 Å². The number of hydrogen-bond donors (Lipinski definition) is 1. The van der Waals surface area contributed by atoms with E-state index in [0.29, 0.717) is 12.0 Å². The fraction of sp³-hybridized carbons (Fsp3) is 0.286. The van der Waals surface area contributed by atoms with Crippen molar-refractivity contribution in [2.45, 2.75) is 26.4 Å². The van der Waals surface area contributed by atoms with E-state index in [9.17, 15) is 22.8 Å². The van der Waals surface area contributed by atoms with Gasteiger partial charge in [0, 0.05) is 12.5 Å². The van der Waals surface area contributed by atoms with Crippen molar-refractivity contribution in [3.63, 3.8) is 0 Å². The quantitative estimate of drug-likeness (QED) is 0.669. The molecule has 2 rings (SSSR count). The van der Waals surface area contributed by atoms with Crippen molar-refractivity contribution in [1.82, 2.24) is 9.36 Å². The molecule has 0 saturated heterocycles. The van der Waals surface area contributed by atoms with E-state index in [2.05, 4.69) is 14.7 Å². The van der Waals surface area contributed by atoms with Gasteiger partial charge in [-0.1, -0.05) is 13.0 Å². The maximum Gasteiger partial charge on any atom is 0.444 e. The van der Waals surface area contributed by atoms with Gasteiger partial charge in [0.1, 0.15) is 5.75 Å². The fourth-order valence-electron chi connectivity index (χ4n) is 1.80.